The van der Waals surface area contributed by atoms with Crippen LogP contribution >= 0.6 is 11.6 Å². The highest BCUT2D eigenvalue weighted by Crippen LogP contribution is 2.23. The smallest absolute Gasteiger partial charge is 0.298 e. The van der Waals surface area contributed by atoms with Crippen LogP contribution < -0.4 is 5.56 Å². The minimum absolute atomic E-state index is 0.179. The summed E-state index contributed by atoms with van der Waals surface area (Å²) in [4.78, 5) is 17.5. The molecule has 0 bridgehead atoms. The fraction of sp³-hybridized carbons (Fsp3) is 0.100. The number of imidazole rings is 1. The first kappa shape index (κ1) is 15.7. The molecule has 0 aliphatic carbocycles. The number of hydrogen-bond donors (Lipinski definition) is 0. The third-order valence-electron chi connectivity index (χ3n) is 4.27. The number of benzene rings is 2. The van der Waals surface area contributed by atoms with Crippen molar-refractivity contribution in [3.63, 3.8) is 0 Å². The predicted molar refractivity (Wildman–Crippen MR) is 101 cm³/mol. The first-order valence-electron chi connectivity index (χ1n) is 7.97. The number of aryl methyl sites for hydroxylation is 2. The number of fused-ring (bicyclic) bond motifs is 1. The summed E-state index contributed by atoms with van der Waals surface area (Å²) in [5.41, 5.74) is 5.05. The van der Waals surface area contributed by atoms with Crippen LogP contribution in [0, 0.1) is 13.8 Å². The maximum Gasteiger partial charge on any atom is 0.298 e. The quantitative estimate of drug-likeness (QED) is 0.537. The van der Waals surface area contributed by atoms with E-state index in [0.29, 0.717) is 10.7 Å². The molecule has 0 saturated heterocycles. The summed E-state index contributed by atoms with van der Waals surface area (Å²) in [6.07, 6.45) is 5.45. The van der Waals surface area contributed by atoms with Gasteiger partial charge in [-0.05, 0) is 43.7 Å². The van der Waals surface area contributed by atoms with Gasteiger partial charge >= 0.3 is 0 Å². The average molecular weight is 350 g/mol. The Balaban J connectivity index is 1.91. The lowest BCUT2D eigenvalue weighted by molar-refractivity contribution is 0.950. The van der Waals surface area contributed by atoms with E-state index in [1.165, 1.54) is 0 Å². The lowest BCUT2D eigenvalue weighted by Gasteiger charge is -2.05. The lowest BCUT2D eigenvalue weighted by Crippen LogP contribution is -2.19. The van der Waals surface area contributed by atoms with Gasteiger partial charge in [-0.25, -0.2) is 4.98 Å². The van der Waals surface area contributed by atoms with Gasteiger partial charge in [0, 0.05) is 29.2 Å². The van der Waals surface area contributed by atoms with Gasteiger partial charge in [0.25, 0.3) is 5.56 Å². The zero-order valence-corrected chi connectivity index (χ0v) is 14.7. The van der Waals surface area contributed by atoms with E-state index in [0.717, 1.165) is 28.1 Å². The van der Waals surface area contributed by atoms with E-state index >= 15 is 0 Å². The predicted octanol–water partition coefficient (Wildman–Crippen LogP) is 4.42. The highest BCUT2D eigenvalue weighted by atomic mass is 35.5. The van der Waals surface area contributed by atoms with Crippen molar-refractivity contribution >= 4 is 17.2 Å². The molecule has 0 aliphatic heterocycles. The first-order chi connectivity index (χ1) is 12.0. The standard InChI is InChI=1S/C20H16ClN3O/c1-13-6-7-14(2)17(10-13)18-12-23-8-9-24(20(25)19(23)22-18)16-5-3-4-15(21)11-16/h3-12H,1-2H3. The van der Waals surface area contributed by atoms with Crippen LogP contribution in [0.4, 0.5) is 0 Å². The Morgan fingerprint density at radius 1 is 1.04 bits per heavy atom. The van der Waals surface area contributed by atoms with Crippen LogP contribution in [0.3, 0.4) is 0 Å². The molecule has 5 heteroatoms. The van der Waals surface area contributed by atoms with E-state index in [1.54, 1.807) is 27.3 Å². The van der Waals surface area contributed by atoms with E-state index in [2.05, 4.69) is 23.2 Å². The maximum absolute atomic E-state index is 12.9. The van der Waals surface area contributed by atoms with E-state index in [-0.39, 0.29) is 5.56 Å². The fourth-order valence-corrected chi connectivity index (χ4v) is 3.13. The van der Waals surface area contributed by atoms with E-state index < -0.39 is 0 Å². The number of halogens is 1. The summed E-state index contributed by atoms with van der Waals surface area (Å²) in [5.74, 6) is 0. The molecule has 4 aromatic rings. The number of rotatable bonds is 2. The summed E-state index contributed by atoms with van der Waals surface area (Å²) in [6.45, 7) is 4.09. The number of aromatic nitrogens is 3. The molecule has 2 heterocycles. The average Bonchev–Trinajstić information content (AvgIpc) is 3.02. The lowest BCUT2D eigenvalue weighted by atomic mass is 10.0. The minimum atomic E-state index is -0.179. The molecule has 2 aromatic heterocycles. The molecule has 0 radical (unpaired) electrons. The second-order valence-corrected chi connectivity index (χ2v) is 6.56. The summed E-state index contributed by atoms with van der Waals surface area (Å²) >= 11 is 6.05. The zero-order chi connectivity index (χ0) is 17.6. The minimum Gasteiger partial charge on any atom is -0.300 e. The van der Waals surface area contributed by atoms with Crippen molar-refractivity contribution in [2.24, 2.45) is 0 Å². The van der Waals surface area contributed by atoms with Crippen LogP contribution in [0.5, 0.6) is 0 Å². The molecule has 4 rings (SSSR count). The molecule has 0 N–H and O–H groups in total. The molecular formula is C20H16ClN3O. The van der Waals surface area contributed by atoms with Gasteiger partial charge in [-0.2, -0.15) is 0 Å². The topological polar surface area (TPSA) is 39.3 Å². The van der Waals surface area contributed by atoms with E-state index in [4.69, 9.17) is 11.6 Å². The van der Waals surface area contributed by atoms with Gasteiger partial charge in [0.1, 0.15) is 0 Å². The molecule has 0 amide bonds. The normalized spacial score (nSPS) is 11.2. The van der Waals surface area contributed by atoms with Gasteiger partial charge in [-0.1, -0.05) is 35.4 Å². The Morgan fingerprint density at radius 2 is 1.88 bits per heavy atom. The Bertz CT molecular complexity index is 1160. The van der Waals surface area contributed by atoms with Gasteiger partial charge in [0.05, 0.1) is 11.4 Å². The third kappa shape index (κ3) is 2.75. The monoisotopic (exact) mass is 349 g/mol. The Hall–Kier alpha value is -2.85. The van der Waals surface area contributed by atoms with Crippen LogP contribution in [0.15, 0.2) is 65.8 Å². The highest BCUT2D eigenvalue weighted by molar-refractivity contribution is 6.30. The second kappa shape index (κ2) is 5.90. The molecule has 0 fully saturated rings. The van der Waals surface area contributed by atoms with Crippen molar-refractivity contribution in [3.05, 3.63) is 87.6 Å². The highest BCUT2D eigenvalue weighted by Gasteiger charge is 2.12. The molecular weight excluding hydrogens is 334 g/mol. The zero-order valence-electron chi connectivity index (χ0n) is 13.9. The molecule has 25 heavy (non-hydrogen) atoms. The van der Waals surface area contributed by atoms with Gasteiger partial charge in [0.15, 0.2) is 0 Å². The van der Waals surface area contributed by atoms with Crippen LogP contribution in [0.25, 0.3) is 22.6 Å². The van der Waals surface area contributed by atoms with Crippen LogP contribution in [-0.4, -0.2) is 14.0 Å². The maximum atomic E-state index is 12.9. The summed E-state index contributed by atoms with van der Waals surface area (Å²) < 4.78 is 3.32. The molecule has 0 spiro atoms. The third-order valence-corrected chi connectivity index (χ3v) is 4.51. The van der Waals surface area contributed by atoms with Crippen molar-refractivity contribution < 1.29 is 0 Å². The molecule has 4 nitrogen and oxygen atoms in total. The van der Waals surface area contributed by atoms with Crippen molar-refractivity contribution in [3.8, 4) is 16.9 Å². The van der Waals surface area contributed by atoms with E-state index in [9.17, 15) is 4.79 Å². The molecule has 0 aliphatic rings. The van der Waals surface area contributed by atoms with Crippen molar-refractivity contribution in [1.82, 2.24) is 14.0 Å². The van der Waals surface area contributed by atoms with Crippen molar-refractivity contribution in [2.75, 3.05) is 0 Å². The molecule has 0 atom stereocenters. The molecule has 0 unspecified atom stereocenters. The van der Waals surface area contributed by atoms with Gasteiger partial charge in [-0.15, -0.1) is 0 Å². The van der Waals surface area contributed by atoms with Gasteiger partial charge < -0.3 is 4.40 Å². The van der Waals surface area contributed by atoms with E-state index in [1.807, 2.05) is 38.4 Å². The van der Waals surface area contributed by atoms with Crippen LogP contribution in [0.1, 0.15) is 11.1 Å². The van der Waals surface area contributed by atoms with Gasteiger partial charge in [0.2, 0.25) is 5.65 Å². The van der Waals surface area contributed by atoms with Crippen molar-refractivity contribution in [1.29, 1.82) is 0 Å². The molecule has 0 saturated carbocycles. The molecule has 124 valence electrons. The largest absolute Gasteiger partial charge is 0.300 e. The Kier molecular flexibility index (Phi) is 3.70. The Labute approximate surface area is 150 Å². The van der Waals surface area contributed by atoms with Crippen molar-refractivity contribution in [2.45, 2.75) is 13.8 Å². The summed E-state index contributed by atoms with van der Waals surface area (Å²) in [7, 11) is 0. The number of nitrogens with zero attached hydrogens (tertiary/aromatic N) is 3. The summed E-state index contributed by atoms with van der Waals surface area (Å²) in [5, 5.41) is 0.587. The Morgan fingerprint density at radius 3 is 2.68 bits per heavy atom. The fourth-order valence-electron chi connectivity index (χ4n) is 2.95. The second-order valence-electron chi connectivity index (χ2n) is 6.13. The SMILES string of the molecule is Cc1ccc(C)c(-c2cn3ccn(-c4cccc(Cl)c4)c(=O)c3n2)c1. The van der Waals surface area contributed by atoms with Gasteiger partial charge in [-0.3, -0.25) is 9.36 Å². The first-order valence-corrected chi connectivity index (χ1v) is 8.35. The van der Waals surface area contributed by atoms with Crippen LogP contribution in [0.2, 0.25) is 5.02 Å². The number of hydrogen-bond acceptors (Lipinski definition) is 2. The summed E-state index contributed by atoms with van der Waals surface area (Å²) in [6, 6.07) is 13.4. The molecule has 2 aromatic carbocycles. The van der Waals surface area contributed by atoms with Crippen LogP contribution in [-0.2, 0) is 0 Å².